The first-order chi connectivity index (χ1) is 3.93. The van der Waals surface area contributed by atoms with Gasteiger partial charge in [-0.25, -0.2) is 0 Å². The Bertz CT molecular complexity index is 90.7. The van der Waals surface area contributed by atoms with Crippen LogP contribution in [-0.4, -0.2) is 24.8 Å². The van der Waals surface area contributed by atoms with Crippen molar-refractivity contribution in [3.8, 4) is 0 Å². The fourth-order valence-electron chi connectivity index (χ4n) is 0.890. The zero-order chi connectivity index (χ0) is 5.82. The van der Waals surface area contributed by atoms with Crippen LogP contribution in [0.1, 0.15) is 6.42 Å². The molecule has 1 aliphatic rings. The first-order valence-corrected chi connectivity index (χ1v) is 2.93. The largest absolute Gasteiger partial charge is 0.392 e. The summed E-state index contributed by atoms with van der Waals surface area (Å²) in [6, 6.07) is 0. The van der Waals surface area contributed by atoms with Crippen molar-refractivity contribution < 1.29 is 5.11 Å². The molecule has 2 N–H and O–H groups in total. The molecule has 2 nitrogen and oxygen atoms in total. The average molecular weight is 113 g/mol. The van der Waals surface area contributed by atoms with E-state index in [1.165, 1.54) is 5.57 Å². The number of nitrogens with one attached hydrogen (secondary N) is 1. The third kappa shape index (κ3) is 1.32. The molecule has 1 fully saturated rings. The van der Waals surface area contributed by atoms with E-state index < -0.39 is 0 Å². The molecule has 2 heteroatoms. The highest BCUT2D eigenvalue weighted by atomic mass is 16.2. The predicted octanol–water partition coefficient (Wildman–Crippen LogP) is -0.102. The maximum absolute atomic E-state index is 8.42. The average Bonchev–Trinajstić information content (AvgIpc) is 2.19. The van der Waals surface area contributed by atoms with Crippen molar-refractivity contribution in [2.24, 2.45) is 0 Å². The Hall–Kier alpha value is -0.340. The molecular formula is C6H11NO. The molecule has 0 atom stereocenters. The second kappa shape index (κ2) is 2.84. The summed E-state index contributed by atoms with van der Waals surface area (Å²) in [7, 11) is 0. The molecule has 0 spiro atoms. The molecule has 1 rings (SSSR count). The van der Waals surface area contributed by atoms with Crippen LogP contribution in [0.25, 0.3) is 0 Å². The molecule has 46 valence electrons. The lowest BCUT2D eigenvalue weighted by atomic mass is 10.2. The Kier molecular flexibility index (Phi) is 2.06. The van der Waals surface area contributed by atoms with Crippen molar-refractivity contribution in [1.82, 2.24) is 5.32 Å². The second-order valence-electron chi connectivity index (χ2n) is 1.97. The lowest BCUT2D eigenvalue weighted by Crippen LogP contribution is -2.04. The van der Waals surface area contributed by atoms with E-state index in [-0.39, 0.29) is 6.61 Å². The molecule has 1 aliphatic heterocycles. The topological polar surface area (TPSA) is 32.3 Å². The third-order valence-electron chi connectivity index (χ3n) is 1.35. The first kappa shape index (κ1) is 5.79. The number of hydrogen-bond donors (Lipinski definition) is 2. The van der Waals surface area contributed by atoms with Crippen molar-refractivity contribution in [2.75, 3.05) is 19.7 Å². The Morgan fingerprint density at radius 2 is 2.62 bits per heavy atom. The predicted molar refractivity (Wildman–Crippen MR) is 32.7 cm³/mol. The minimum absolute atomic E-state index is 0.191. The van der Waals surface area contributed by atoms with Gasteiger partial charge < -0.3 is 10.4 Å². The summed E-state index contributed by atoms with van der Waals surface area (Å²) in [6.45, 7) is 2.24. The molecule has 0 saturated carbocycles. The maximum atomic E-state index is 8.42. The van der Waals surface area contributed by atoms with Crippen LogP contribution in [0.3, 0.4) is 0 Å². The quantitative estimate of drug-likeness (QED) is 0.465. The number of aliphatic hydroxyl groups excluding tert-OH is 1. The van der Waals surface area contributed by atoms with Crippen molar-refractivity contribution in [3.63, 3.8) is 0 Å². The summed E-state index contributed by atoms with van der Waals surface area (Å²) < 4.78 is 0. The van der Waals surface area contributed by atoms with Crippen LogP contribution in [0.2, 0.25) is 0 Å². The molecular weight excluding hydrogens is 102 g/mol. The molecule has 1 saturated heterocycles. The highest BCUT2D eigenvalue weighted by molar-refractivity contribution is 5.08. The van der Waals surface area contributed by atoms with E-state index in [1.54, 1.807) is 0 Å². The molecule has 0 radical (unpaired) electrons. The summed E-state index contributed by atoms with van der Waals surface area (Å²) in [5.41, 5.74) is 1.34. The molecule has 0 aromatic rings. The van der Waals surface area contributed by atoms with E-state index in [0.29, 0.717) is 0 Å². The maximum Gasteiger partial charge on any atom is 0.0615 e. The normalized spacial score (nSPS) is 24.9. The monoisotopic (exact) mass is 113 g/mol. The number of aliphatic hydroxyl groups is 1. The molecule has 0 aliphatic carbocycles. The van der Waals surface area contributed by atoms with Crippen LogP contribution < -0.4 is 5.32 Å². The van der Waals surface area contributed by atoms with Gasteiger partial charge in [0.1, 0.15) is 0 Å². The first-order valence-electron chi connectivity index (χ1n) is 2.93. The third-order valence-corrected chi connectivity index (χ3v) is 1.35. The van der Waals surface area contributed by atoms with Crippen LogP contribution in [0.5, 0.6) is 0 Å². The zero-order valence-corrected chi connectivity index (χ0v) is 4.85. The minimum atomic E-state index is 0.191. The van der Waals surface area contributed by atoms with Crippen LogP contribution in [0, 0.1) is 0 Å². The van der Waals surface area contributed by atoms with Gasteiger partial charge in [0.15, 0.2) is 0 Å². The zero-order valence-electron chi connectivity index (χ0n) is 4.85. The van der Waals surface area contributed by atoms with E-state index in [2.05, 4.69) is 5.32 Å². The van der Waals surface area contributed by atoms with Gasteiger partial charge >= 0.3 is 0 Å². The molecule has 0 aromatic carbocycles. The van der Waals surface area contributed by atoms with E-state index in [9.17, 15) is 0 Å². The Labute approximate surface area is 49.2 Å². The highest BCUT2D eigenvalue weighted by Gasteiger charge is 2.02. The molecule has 0 unspecified atom stereocenters. The van der Waals surface area contributed by atoms with Crippen molar-refractivity contribution in [1.29, 1.82) is 0 Å². The Morgan fingerprint density at radius 3 is 3.12 bits per heavy atom. The number of hydrogen-bond acceptors (Lipinski definition) is 2. The fourth-order valence-corrected chi connectivity index (χ4v) is 0.890. The molecule has 0 bridgehead atoms. The van der Waals surface area contributed by atoms with Gasteiger partial charge in [0, 0.05) is 6.54 Å². The Balaban J connectivity index is 2.33. The summed E-state index contributed by atoms with van der Waals surface area (Å²) in [6.07, 6.45) is 2.99. The summed E-state index contributed by atoms with van der Waals surface area (Å²) >= 11 is 0. The minimum Gasteiger partial charge on any atom is -0.392 e. The van der Waals surface area contributed by atoms with E-state index in [0.717, 1.165) is 19.5 Å². The van der Waals surface area contributed by atoms with Crippen molar-refractivity contribution in [2.45, 2.75) is 6.42 Å². The summed E-state index contributed by atoms with van der Waals surface area (Å²) in [5.74, 6) is 0. The smallest absolute Gasteiger partial charge is 0.0615 e. The van der Waals surface area contributed by atoms with Crippen LogP contribution in [0.4, 0.5) is 0 Å². The van der Waals surface area contributed by atoms with Gasteiger partial charge in [-0.1, -0.05) is 11.6 Å². The second-order valence-corrected chi connectivity index (χ2v) is 1.97. The fraction of sp³-hybridized carbons (Fsp3) is 0.667. The van der Waals surface area contributed by atoms with Crippen LogP contribution in [0.15, 0.2) is 11.6 Å². The van der Waals surface area contributed by atoms with Gasteiger partial charge in [0.25, 0.3) is 0 Å². The number of rotatable bonds is 1. The van der Waals surface area contributed by atoms with Gasteiger partial charge in [-0.2, -0.15) is 0 Å². The van der Waals surface area contributed by atoms with Gasteiger partial charge in [0.2, 0.25) is 0 Å². The van der Waals surface area contributed by atoms with Gasteiger partial charge in [-0.3, -0.25) is 0 Å². The lowest BCUT2D eigenvalue weighted by molar-refractivity contribution is 0.341. The summed E-state index contributed by atoms with van der Waals surface area (Å²) in [5, 5.41) is 11.6. The molecule has 0 aromatic heterocycles. The van der Waals surface area contributed by atoms with E-state index >= 15 is 0 Å². The standard InChI is InChI=1S/C6H11NO/c8-4-2-6-1-3-7-5-6/h2,7-8H,1,3-5H2/b6-2+. The summed E-state index contributed by atoms with van der Waals surface area (Å²) in [4.78, 5) is 0. The van der Waals surface area contributed by atoms with Crippen molar-refractivity contribution >= 4 is 0 Å². The van der Waals surface area contributed by atoms with Gasteiger partial charge in [0.05, 0.1) is 6.61 Å². The Morgan fingerprint density at radius 1 is 1.75 bits per heavy atom. The van der Waals surface area contributed by atoms with Gasteiger partial charge in [-0.15, -0.1) is 0 Å². The van der Waals surface area contributed by atoms with Crippen LogP contribution >= 0.6 is 0 Å². The SMILES string of the molecule is OC/C=C1\CCNC1. The highest BCUT2D eigenvalue weighted by Crippen LogP contribution is 2.03. The molecule has 8 heavy (non-hydrogen) atoms. The van der Waals surface area contributed by atoms with Gasteiger partial charge in [-0.05, 0) is 13.0 Å². The van der Waals surface area contributed by atoms with E-state index in [4.69, 9.17) is 5.11 Å². The molecule has 0 amide bonds. The van der Waals surface area contributed by atoms with E-state index in [1.807, 2.05) is 6.08 Å². The van der Waals surface area contributed by atoms with Crippen LogP contribution in [-0.2, 0) is 0 Å². The van der Waals surface area contributed by atoms with Crippen molar-refractivity contribution in [3.05, 3.63) is 11.6 Å². The molecule has 1 heterocycles. The lowest BCUT2D eigenvalue weighted by Gasteiger charge is -1.88.